The Morgan fingerprint density at radius 1 is 1.17 bits per heavy atom. The molecule has 0 saturated heterocycles. The van der Waals surface area contributed by atoms with E-state index in [4.69, 9.17) is 0 Å². The van der Waals surface area contributed by atoms with E-state index < -0.39 is 12.0 Å². The molecule has 23 heavy (non-hydrogen) atoms. The molecule has 1 N–H and O–H groups in total. The van der Waals surface area contributed by atoms with Crippen LogP contribution in [0.2, 0.25) is 0 Å². The van der Waals surface area contributed by atoms with E-state index >= 15 is 0 Å². The van der Waals surface area contributed by atoms with Crippen molar-refractivity contribution >= 4 is 11.5 Å². The van der Waals surface area contributed by atoms with E-state index in [9.17, 15) is 13.2 Å². The van der Waals surface area contributed by atoms with Crippen molar-refractivity contribution < 1.29 is 13.2 Å². The van der Waals surface area contributed by atoms with Crippen LogP contribution in [-0.2, 0) is 12.7 Å². The van der Waals surface area contributed by atoms with Crippen molar-refractivity contribution in [1.29, 1.82) is 0 Å². The molecule has 0 unspecified atom stereocenters. The number of alkyl halides is 3. The number of nitrogens with zero attached hydrogens (tertiary/aromatic N) is 7. The first-order valence-corrected chi connectivity index (χ1v) is 6.75. The average Bonchev–Trinajstić information content (AvgIpc) is 3.12. The molecule has 3 aromatic rings. The van der Waals surface area contributed by atoms with Gasteiger partial charge < -0.3 is 5.32 Å². The smallest absolute Gasteiger partial charge is 0.367 e. The Balaban J connectivity index is 1.91. The van der Waals surface area contributed by atoms with Gasteiger partial charge in [0.1, 0.15) is 5.82 Å². The first kappa shape index (κ1) is 15.2. The van der Waals surface area contributed by atoms with Crippen LogP contribution in [0.15, 0.2) is 12.4 Å². The van der Waals surface area contributed by atoms with Crippen molar-refractivity contribution in [2.24, 2.45) is 0 Å². The summed E-state index contributed by atoms with van der Waals surface area (Å²) < 4.78 is 41.2. The highest BCUT2D eigenvalue weighted by Gasteiger charge is 2.38. The van der Waals surface area contributed by atoms with E-state index in [2.05, 4.69) is 30.9 Å². The molecule has 0 aliphatic rings. The van der Waals surface area contributed by atoms with E-state index in [0.717, 1.165) is 10.1 Å². The zero-order chi connectivity index (χ0) is 16.6. The Morgan fingerprint density at radius 2 is 1.96 bits per heavy atom. The van der Waals surface area contributed by atoms with Gasteiger partial charge in [0.2, 0.25) is 0 Å². The summed E-state index contributed by atoms with van der Waals surface area (Å²) in [6.45, 7) is 4.39. The lowest BCUT2D eigenvalue weighted by Gasteiger charge is -2.12. The van der Waals surface area contributed by atoms with Gasteiger partial charge in [-0.15, -0.1) is 20.4 Å². The maximum atomic E-state index is 13.0. The van der Waals surface area contributed by atoms with E-state index in [1.165, 1.54) is 0 Å². The fourth-order valence-corrected chi connectivity index (χ4v) is 2.11. The largest absolute Gasteiger partial charge is 0.453 e. The zero-order valence-electron chi connectivity index (χ0n) is 12.3. The van der Waals surface area contributed by atoms with Gasteiger partial charge in [0, 0.05) is 18.3 Å². The monoisotopic (exact) mass is 326 g/mol. The molecule has 0 spiro atoms. The molecule has 122 valence electrons. The Kier molecular flexibility index (Phi) is 3.62. The summed E-state index contributed by atoms with van der Waals surface area (Å²) in [6.07, 6.45) is -1.38. The minimum Gasteiger partial charge on any atom is -0.367 e. The molecule has 0 atom stereocenters. The van der Waals surface area contributed by atoms with Gasteiger partial charge in [0.05, 0.1) is 12.7 Å². The Labute approximate surface area is 128 Å². The molecule has 0 aliphatic heterocycles. The first-order valence-electron chi connectivity index (χ1n) is 6.75. The average molecular weight is 326 g/mol. The number of hydrogen-bond donors (Lipinski definition) is 1. The number of rotatable bonds is 4. The fourth-order valence-electron chi connectivity index (χ4n) is 2.11. The molecule has 3 heterocycles. The molecule has 3 rings (SSSR count). The van der Waals surface area contributed by atoms with E-state index in [1.54, 1.807) is 30.9 Å². The van der Waals surface area contributed by atoms with Gasteiger partial charge in [-0.2, -0.15) is 17.7 Å². The Bertz CT molecular complexity index is 821. The Hall–Kier alpha value is -2.72. The summed E-state index contributed by atoms with van der Waals surface area (Å²) in [4.78, 5) is 0. The lowest BCUT2D eigenvalue weighted by atomic mass is 10.2. The van der Waals surface area contributed by atoms with Crippen LogP contribution in [0.5, 0.6) is 0 Å². The maximum Gasteiger partial charge on any atom is 0.453 e. The molecule has 0 aliphatic carbocycles. The molecule has 0 amide bonds. The second-order valence-electron chi connectivity index (χ2n) is 4.95. The van der Waals surface area contributed by atoms with Gasteiger partial charge in [-0.05, 0) is 19.4 Å². The number of aromatic nitrogens is 7. The quantitative estimate of drug-likeness (QED) is 0.781. The van der Waals surface area contributed by atoms with Gasteiger partial charge in [-0.1, -0.05) is 5.21 Å². The van der Waals surface area contributed by atoms with Gasteiger partial charge >= 0.3 is 6.18 Å². The van der Waals surface area contributed by atoms with Crippen LogP contribution in [0.4, 0.5) is 19.0 Å². The van der Waals surface area contributed by atoms with Crippen molar-refractivity contribution in [2.75, 3.05) is 11.9 Å². The second kappa shape index (κ2) is 5.48. The summed E-state index contributed by atoms with van der Waals surface area (Å²) in [7, 11) is 0. The molecular weight excluding hydrogens is 313 g/mol. The van der Waals surface area contributed by atoms with E-state index in [0.29, 0.717) is 24.5 Å². The zero-order valence-corrected chi connectivity index (χ0v) is 12.3. The molecule has 8 nitrogen and oxygen atoms in total. The summed E-state index contributed by atoms with van der Waals surface area (Å²) in [5.74, 6) is -0.796. The van der Waals surface area contributed by atoms with Crippen LogP contribution in [0, 0.1) is 13.8 Å². The lowest BCUT2D eigenvalue weighted by Crippen LogP contribution is -2.17. The minimum atomic E-state index is -4.62. The van der Waals surface area contributed by atoms with Crippen molar-refractivity contribution in [1.82, 2.24) is 34.8 Å². The molecule has 0 radical (unpaired) electrons. The summed E-state index contributed by atoms with van der Waals surface area (Å²) in [5.41, 5.74) is 1.40. The molecule has 0 bridgehead atoms. The highest BCUT2D eigenvalue weighted by atomic mass is 19.4. The van der Waals surface area contributed by atoms with Crippen LogP contribution < -0.4 is 5.32 Å². The van der Waals surface area contributed by atoms with Gasteiger partial charge in [-0.3, -0.25) is 4.68 Å². The third-order valence-electron chi connectivity index (χ3n) is 3.45. The number of nitrogens with one attached hydrogen (secondary N) is 1. The van der Waals surface area contributed by atoms with Gasteiger partial charge in [0.25, 0.3) is 5.82 Å². The standard InChI is InChI=1S/C12H13F3N8/c1-7-8(2)10-18-19-11(12(13,14)15)23(10)20-9(7)16-3-5-22-6-4-17-21-22/h4,6H,3,5H2,1-2H3,(H,16,20). The summed E-state index contributed by atoms with van der Waals surface area (Å²) in [5, 5.41) is 21.3. The highest BCUT2D eigenvalue weighted by molar-refractivity contribution is 5.58. The fraction of sp³-hybridized carbons (Fsp3) is 0.417. The van der Waals surface area contributed by atoms with Crippen molar-refractivity contribution in [3.63, 3.8) is 0 Å². The minimum absolute atomic E-state index is 0.0941. The first-order chi connectivity index (χ1) is 10.9. The third-order valence-corrected chi connectivity index (χ3v) is 3.45. The van der Waals surface area contributed by atoms with Crippen LogP contribution >= 0.6 is 0 Å². The van der Waals surface area contributed by atoms with Crippen LogP contribution in [-0.4, -0.2) is 41.4 Å². The van der Waals surface area contributed by atoms with Crippen molar-refractivity contribution in [3.8, 4) is 0 Å². The summed E-state index contributed by atoms with van der Waals surface area (Å²) >= 11 is 0. The van der Waals surface area contributed by atoms with Crippen LogP contribution in [0.25, 0.3) is 5.65 Å². The predicted octanol–water partition coefficient (Wildman–Crippen LogP) is 1.46. The number of anilines is 1. The lowest BCUT2D eigenvalue weighted by molar-refractivity contribution is -0.146. The number of hydrogen-bond acceptors (Lipinski definition) is 6. The third kappa shape index (κ3) is 2.81. The molecule has 0 fully saturated rings. The van der Waals surface area contributed by atoms with E-state index in [-0.39, 0.29) is 5.65 Å². The topological polar surface area (TPSA) is 85.8 Å². The second-order valence-corrected chi connectivity index (χ2v) is 4.95. The molecule has 0 aromatic carbocycles. The number of fused-ring (bicyclic) bond motifs is 1. The number of aryl methyl sites for hydroxylation is 1. The van der Waals surface area contributed by atoms with Crippen LogP contribution in [0.3, 0.4) is 0 Å². The molecular formula is C12H13F3N8. The number of halogens is 3. The van der Waals surface area contributed by atoms with Crippen LogP contribution in [0.1, 0.15) is 17.0 Å². The van der Waals surface area contributed by atoms with Gasteiger partial charge in [-0.25, -0.2) is 0 Å². The SMILES string of the molecule is Cc1c(NCCn2ccnn2)nn2c(C(F)(F)F)nnc2c1C. The Morgan fingerprint density at radius 3 is 2.61 bits per heavy atom. The molecule has 0 saturated carbocycles. The molecule has 3 aromatic heterocycles. The summed E-state index contributed by atoms with van der Waals surface area (Å²) in [6, 6.07) is 0. The maximum absolute atomic E-state index is 13.0. The van der Waals surface area contributed by atoms with Crippen molar-refractivity contribution in [2.45, 2.75) is 26.6 Å². The normalized spacial score (nSPS) is 12.0. The van der Waals surface area contributed by atoms with Crippen molar-refractivity contribution in [3.05, 3.63) is 29.3 Å². The van der Waals surface area contributed by atoms with Gasteiger partial charge in [0.15, 0.2) is 5.65 Å². The van der Waals surface area contributed by atoms with E-state index in [1.807, 2.05) is 0 Å². The predicted molar refractivity (Wildman–Crippen MR) is 73.8 cm³/mol. The highest BCUT2D eigenvalue weighted by Crippen LogP contribution is 2.29. The molecule has 11 heteroatoms.